The van der Waals surface area contributed by atoms with Gasteiger partial charge in [-0.05, 0) is 43.7 Å². The van der Waals surface area contributed by atoms with Gasteiger partial charge in [-0.25, -0.2) is 0 Å². The predicted octanol–water partition coefficient (Wildman–Crippen LogP) is 3.98. The number of benzene rings is 1. The molecular formula is C19H22N4O. The third kappa shape index (κ3) is 3.26. The molecule has 0 saturated carbocycles. The Morgan fingerprint density at radius 2 is 1.96 bits per heavy atom. The highest BCUT2D eigenvalue weighted by Gasteiger charge is 2.25. The van der Waals surface area contributed by atoms with Crippen molar-refractivity contribution in [3.05, 3.63) is 66.4 Å². The van der Waals surface area contributed by atoms with E-state index >= 15 is 0 Å². The molecule has 4 rings (SSSR count). The van der Waals surface area contributed by atoms with Crippen LogP contribution in [-0.4, -0.2) is 26.4 Å². The highest BCUT2D eigenvalue weighted by Crippen LogP contribution is 2.31. The van der Waals surface area contributed by atoms with Gasteiger partial charge < -0.3 is 4.42 Å². The van der Waals surface area contributed by atoms with Gasteiger partial charge in [-0.1, -0.05) is 31.0 Å². The van der Waals surface area contributed by atoms with Crippen LogP contribution in [0, 0.1) is 0 Å². The molecule has 1 atom stereocenters. The molecule has 0 amide bonds. The number of hydrogen-bond acceptors (Lipinski definition) is 4. The van der Waals surface area contributed by atoms with Crippen LogP contribution in [0.2, 0.25) is 0 Å². The van der Waals surface area contributed by atoms with Crippen LogP contribution in [0.25, 0.3) is 5.69 Å². The van der Waals surface area contributed by atoms with Gasteiger partial charge in [0.2, 0.25) is 0 Å². The second-order valence-corrected chi connectivity index (χ2v) is 6.31. The molecule has 0 spiro atoms. The van der Waals surface area contributed by atoms with Crippen molar-refractivity contribution < 1.29 is 4.42 Å². The number of hydrogen-bond donors (Lipinski definition) is 0. The lowest BCUT2D eigenvalue weighted by Gasteiger charge is -2.27. The molecule has 3 aromatic rings. The van der Waals surface area contributed by atoms with Crippen molar-refractivity contribution >= 4 is 0 Å². The first-order chi connectivity index (χ1) is 11.9. The molecule has 124 valence electrons. The molecule has 1 aromatic carbocycles. The van der Waals surface area contributed by atoms with Crippen molar-refractivity contribution in [1.29, 1.82) is 0 Å². The maximum absolute atomic E-state index is 5.69. The highest BCUT2D eigenvalue weighted by atomic mass is 16.3. The maximum Gasteiger partial charge on any atom is 0.120 e. The molecule has 1 aliphatic rings. The molecule has 1 fully saturated rings. The largest absolute Gasteiger partial charge is 0.468 e. The molecule has 0 bridgehead atoms. The summed E-state index contributed by atoms with van der Waals surface area (Å²) in [6.45, 7) is 1.88. The second kappa shape index (κ2) is 7.01. The zero-order chi connectivity index (χ0) is 16.2. The predicted molar refractivity (Wildman–Crippen MR) is 91.7 cm³/mol. The number of aromatic nitrogens is 3. The summed E-state index contributed by atoms with van der Waals surface area (Å²) in [7, 11) is 0. The number of furan rings is 1. The SMILES string of the molecule is c1ccc(-n2ncc(CN3CCCCCC3c3ccco3)n2)cc1. The molecular weight excluding hydrogens is 300 g/mol. The van der Waals surface area contributed by atoms with E-state index in [-0.39, 0.29) is 0 Å². The Morgan fingerprint density at radius 3 is 2.79 bits per heavy atom. The van der Waals surface area contributed by atoms with E-state index in [0.717, 1.165) is 36.7 Å². The molecule has 3 heterocycles. The molecule has 0 aliphatic carbocycles. The standard InChI is InChI=1S/C19H22N4O/c1-3-8-17(9-4-1)23-20-14-16(21-23)15-22-12-6-2-5-10-18(22)19-11-7-13-24-19/h1,3-4,7-9,11,13-14,18H,2,5-6,10,12,15H2. The van der Waals surface area contributed by atoms with Crippen LogP contribution in [0.15, 0.2) is 59.3 Å². The molecule has 1 unspecified atom stereocenters. The van der Waals surface area contributed by atoms with Crippen molar-refractivity contribution in [2.75, 3.05) is 6.54 Å². The Hall–Kier alpha value is -2.40. The van der Waals surface area contributed by atoms with Gasteiger partial charge in [0.05, 0.1) is 29.9 Å². The van der Waals surface area contributed by atoms with Gasteiger partial charge in [0.25, 0.3) is 0 Å². The van der Waals surface area contributed by atoms with E-state index in [9.17, 15) is 0 Å². The van der Waals surface area contributed by atoms with Crippen LogP contribution in [0.4, 0.5) is 0 Å². The Labute approximate surface area is 141 Å². The lowest BCUT2D eigenvalue weighted by Crippen LogP contribution is -2.28. The van der Waals surface area contributed by atoms with Crippen LogP contribution in [0.3, 0.4) is 0 Å². The van der Waals surface area contributed by atoms with Gasteiger partial charge in [-0.15, -0.1) is 0 Å². The van der Waals surface area contributed by atoms with E-state index in [1.165, 1.54) is 19.3 Å². The first kappa shape index (κ1) is 15.1. The molecule has 1 saturated heterocycles. The minimum absolute atomic E-state index is 0.337. The van der Waals surface area contributed by atoms with Gasteiger partial charge in [0.1, 0.15) is 5.76 Å². The number of nitrogens with zero attached hydrogens (tertiary/aromatic N) is 4. The van der Waals surface area contributed by atoms with E-state index in [1.807, 2.05) is 42.6 Å². The van der Waals surface area contributed by atoms with Crippen LogP contribution in [0.1, 0.15) is 43.2 Å². The van der Waals surface area contributed by atoms with Gasteiger partial charge in [-0.3, -0.25) is 4.90 Å². The topological polar surface area (TPSA) is 47.1 Å². The Kier molecular flexibility index (Phi) is 4.42. The van der Waals surface area contributed by atoms with E-state index in [2.05, 4.69) is 21.2 Å². The zero-order valence-electron chi connectivity index (χ0n) is 13.7. The monoisotopic (exact) mass is 322 g/mol. The summed E-state index contributed by atoms with van der Waals surface area (Å²) in [5.74, 6) is 1.06. The summed E-state index contributed by atoms with van der Waals surface area (Å²) in [6.07, 6.45) is 8.54. The van der Waals surface area contributed by atoms with Crippen LogP contribution in [-0.2, 0) is 6.54 Å². The highest BCUT2D eigenvalue weighted by molar-refractivity contribution is 5.28. The van der Waals surface area contributed by atoms with Gasteiger partial charge in [0, 0.05) is 6.54 Å². The van der Waals surface area contributed by atoms with Crippen molar-refractivity contribution in [2.24, 2.45) is 0 Å². The molecule has 5 nitrogen and oxygen atoms in total. The van der Waals surface area contributed by atoms with Crippen molar-refractivity contribution in [3.63, 3.8) is 0 Å². The average molecular weight is 322 g/mol. The fourth-order valence-electron chi connectivity index (χ4n) is 3.42. The third-order valence-electron chi connectivity index (χ3n) is 4.63. The van der Waals surface area contributed by atoms with E-state index < -0.39 is 0 Å². The fourth-order valence-corrected chi connectivity index (χ4v) is 3.42. The van der Waals surface area contributed by atoms with Crippen LogP contribution < -0.4 is 0 Å². The van der Waals surface area contributed by atoms with E-state index in [1.54, 1.807) is 11.1 Å². The minimum Gasteiger partial charge on any atom is -0.468 e. The smallest absolute Gasteiger partial charge is 0.120 e. The molecule has 0 N–H and O–H groups in total. The zero-order valence-corrected chi connectivity index (χ0v) is 13.7. The van der Waals surface area contributed by atoms with Crippen molar-refractivity contribution in [1.82, 2.24) is 19.9 Å². The maximum atomic E-state index is 5.69. The molecule has 1 aliphatic heterocycles. The lowest BCUT2D eigenvalue weighted by atomic mass is 10.1. The minimum atomic E-state index is 0.337. The summed E-state index contributed by atoms with van der Waals surface area (Å²) in [5.41, 5.74) is 1.99. The number of rotatable bonds is 4. The number of likely N-dealkylation sites (tertiary alicyclic amines) is 1. The summed E-state index contributed by atoms with van der Waals surface area (Å²) in [6, 6.07) is 14.4. The summed E-state index contributed by atoms with van der Waals surface area (Å²) in [4.78, 5) is 4.18. The third-order valence-corrected chi connectivity index (χ3v) is 4.63. The molecule has 0 radical (unpaired) electrons. The average Bonchev–Trinajstić information content (AvgIpc) is 3.26. The first-order valence-electron chi connectivity index (χ1n) is 8.64. The van der Waals surface area contributed by atoms with Crippen molar-refractivity contribution in [3.8, 4) is 5.69 Å². The first-order valence-corrected chi connectivity index (χ1v) is 8.64. The molecule has 2 aromatic heterocycles. The van der Waals surface area contributed by atoms with Gasteiger partial charge in [0.15, 0.2) is 0 Å². The van der Waals surface area contributed by atoms with Gasteiger partial charge in [-0.2, -0.15) is 15.0 Å². The molecule has 5 heteroatoms. The normalized spacial score (nSPS) is 19.2. The second-order valence-electron chi connectivity index (χ2n) is 6.31. The molecule has 24 heavy (non-hydrogen) atoms. The summed E-state index contributed by atoms with van der Waals surface area (Å²) in [5, 5.41) is 9.07. The Morgan fingerprint density at radius 1 is 1.04 bits per heavy atom. The quantitative estimate of drug-likeness (QED) is 0.729. The summed E-state index contributed by atoms with van der Waals surface area (Å²) >= 11 is 0. The number of para-hydroxylation sites is 1. The van der Waals surface area contributed by atoms with E-state index in [0.29, 0.717) is 6.04 Å². The fraction of sp³-hybridized carbons (Fsp3) is 0.368. The van der Waals surface area contributed by atoms with Gasteiger partial charge >= 0.3 is 0 Å². The van der Waals surface area contributed by atoms with E-state index in [4.69, 9.17) is 4.42 Å². The van der Waals surface area contributed by atoms with Crippen LogP contribution >= 0.6 is 0 Å². The Bertz CT molecular complexity index is 751. The summed E-state index contributed by atoms with van der Waals surface area (Å²) < 4.78 is 5.69. The lowest BCUT2D eigenvalue weighted by molar-refractivity contribution is 0.167. The Balaban J connectivity index is 1.53. The van der Waals surface area contributed by atoms with Crippen LogP contribution in [0.5, 0.6) is 0 Å². The van der Waals surface area contributed by atoms with Crippen molar-refractivity contribution in [2.45, 2.75) is 38.3 Å².